The largest absolute Gasteiger partial charge is 0.497 e. The number of nitrogens with one attached hydrogen (secondary N) is 1. The van der Waals surface area contributed by atoms with Crippen LogP contribution in [0.15, 0.2) is 53.7 Å². The molecule has 0 saturated heterocycles. The van der Waals surface area contributed by atoms with E-state index in [0.717, 1.165) is 33.5 Å². The highest BCUT2D eigenvalue weighted by Gasteiger charge is 2.28. The van der Waals surface area contributed by atoms with Crippen molar-refractivity contribution in [1.82, 2.24) is 15.0 Å². The van der Waals surface area contributed by atoms with Crippen LogP contribution in [0.3, 0.4) is 0 Å². The zero-order valence-corrected chi connectivity index (χ0v) is 22.5. The molecular formula is C29H28N4O4S. The van der Waals surface area contributed by atoms with Gasteiger partial charge in [-0.2, -0.15) is 4.98 Å². The van der Waals surface area contributed by atoms with E-state index in [2.05, 4.69) is 10.3 Å². The minimum absolute atomic E-state index is 0.132. The van der Waals surface area contributed by atoms with Gasteiger partial charge >= 0.3 is 0 Å². The van der Waals surface area contributed by atoms with Gasteiger partial charge in [-0.15, -0.1) is 0 Å². The van der Waals surface area contributed by atoms with Crippen molar-refractivity contribution in [1.29, 1.82) is 0 Å². The molecule has 1 aliphatic rings. The molecule has 9 heteroatoms. The van der Waals surface area contributed by atoms with Gasteiger partial charge in [0.1, 0.15) is 10.8 Å². The summed E-state index contributed by atoms with van der Waals surface area (Å²) in [7, 11) is 1.61. The molecule has 0 spiro atoms. The molecule has 0 bridgehead atoms. The second-order valence-electron chi connectivity index (χ2n) is 9.14. The Balaban J connectivity index is 1.50. The number of benzene rings is 2. The van der Waals surface area contributed by atoms with Gasteiger partial charge < -0.3 is 19.9 Å². The molecule has 0 aliphatic carbocycles. The SMILES string of the molecule is COc1cccc(-c2nc3c(c(SCC(=O)Nc4cc(C)ccc4C)n2)Cc2c(CO)cnc(C)c2O3)c1. The molecule has 38 heavy (non-hydrogen) atoms. The average molecular weight is 529 g/mol. The molecule has 2 aromatic heterocycles. The summed E-state index contributed by atoms with van der Waals surface area (Å²) >= 11 is 1.33. The highest BCUT2D eigenvalue weighted by molar-refractivity contribution is 8.00. The number of amides is 1. The maximum atomic E-state index is 12.9. The number of hydrogen-bond acceptors (Lipinski definition) is 8. The smallest absolute Gasteiger partial charge is 0.234 e. The monoisotopic (exact) mass is 528 g/mol. The summed E-state index contributed by atoms with van der Waals surface area (Å²) in [5.74, 6) is 2.19. The predicted octanol–water partition coefficient (Wildman–Crippen LogP) is 5.39. The lowest BCUT2D eigenvalue weighted by Gasteiger charge is -2.24. The molecule has 8 nitrogen and oxygen atoms in total. The number of aryl methyl sites for hydroxylation is 3. The van der Waals surface area contributed by atoms with Crippen molar-refractivity contribution in [3.05, 3.63) is 82.2 Å². The molecule has 1 amide bonds. The number of anilines is 1. The first kappa shape index (κ1) is 25.7. The minimum Gasteiger partial charge on any atom is -0.497 e. The van der Waals surface area contributed by atoms with E-state index in [9.17, 15) is 9.90 Å². The van der Waals surface area contributed by atoms with Gasteiger partial charge in [0.2, 0.25) is 11.8 Å². The number of fused-ring (bicyclic) bond motifs is 2. The summed E-state index contributed by atoms with van der Waals surface area (Å²) in [6, 6.07) is 13.5. The van der Waals surface area contributed by atoms with Crippen LogP contribution in [-0.4, -0.2) is 38.8 Å². The first-order chi connectivity index (χ1) is 18.4. The van der Waals surface area contributed by atoms with Crippen molar-refractivity contribution in [2.75, 3.05) is 18.2 Å². The summed E-state index contributed by atoms with van der Waals surface area (Å²) in [6.45, 7) is 5.67. The van der Waals surface area contributed by atoms with Crippen molar-refractivity contribution in [2.24, 2.45) is 0 Å². The van der Waals surface area contributed by atoms with Crippen LogP contribution in [0.2, 0.25) is 0 Å². The number of rotatable bonds is 7. The third-order valence-corrected chi connectivity index (χ3v) is 7.41. The lowest BCUT2D eigenvalue weighted by molar-refractivity contribution is -0.113. The number of pyridine rings is 1. The molecule has 2 aromatic carbocycles. The van der Waals surface area contributed by atoms with Gasteiger partial charge in [-0.1, -0.05) is 36.0 Å². The van der Waals surface area contributed by atoms with Gasteiger partial charge in [-0.05, 0) is 50.1 Å². The molecule has 0 radical (unpaired) electrons. The molecule has 194 valence electrons. The number of methoxy groups -OCH3 is 1. The van der Waals surface area contributed by atoms with Crippen LogP contribution in [0, 0.1) is 20.8 Å². The van der Waals surface area contributed by atoms with Crippen LogP contribution in [0.5, 0.6) is 17.4 Å². The van der Waals surface area contributed by atoms with Gasteiger partial charge in [0.15, 0.2) is 11.6 Å². The third-order valence-electron chi connectivity index (χ3n) is 6.39. The summed E-state index contributed by atoms with van der Waals surface area (Å²) in [5, 5.41) is 13.6. The Morgan fingerprint density at radius 2 is 1.97 bits per heavy atom. The van der Waals surface area contributed by atoms with E-state index < -0.39 is 0 Å². The standard InChI is InChI=1S/C29H28N4O4S/c1-16-8-9-17(2)24(10-16)31-25(35)15-38-29-23-12-22-20(14-34)13-30-18(3)26(22)37-28(23)32-27(33-29)19-6-5-7-21(11-19)36-4/h5-11,13,34H,12,14-15H2,1-4H3,(H,31,35). The fourth-order valence-electron chi connectivity index (χ4n) is 4.30. The molecule has 4 aromatic rings. The first-order valence-corrected chi connectivity index (χ1v) is 13.2. The molecule has 0 atom stereocenters. The number of thioether (sulfide) groups is 1. The zero-order chi connectivity index (χ0) is 26.8. The number of nitrogens with zero attached hydrogens (tertiary/aromatic N) is 3. The fraction of sp³-hybridized carbons (Fsp3) is 0.241. The number of carbonyl (C=O) groups excluding carboxylic acids is 1. The van der Waals surface area contributed by atoms with E-state index in [0.29, 0.717) is 45.9 Å². The van der Waals surface area contributed by atoms with E-state index in [-0.39, 0.29) is 18.3 Å². The zero-order valence-electron chi connectivity index (χ0n) is 21.7. The number of carbonyl (C=O) groups is 1. The second kappa shape index (κ2) is 10.8. The third kappa shape index (κ3) is 5.20. The normalized spacial score (nSPS) is 11.8. The fourth-order valence-corrected chi connectivity index (χ4v) is 5.12. The predicted molar refractivity (Wildman–Crippen MR) is 147 cm³/mol. The van der Waals surface area contributed by atoms with Gasteiger partial charge in [0.05, 0.1) is 30.7 Å². The number of ether oxygens (including phenoxy) is 2. The Bertz CT molecular complexity index is 1540. The summed E-state index contributed by atoms with van der Waals surface area (Å²) < 4.78 is 11.7. The number of aliphatic hydroxyl groups is 1. The van der Waals surface area contributed by atoms with Crippen molar-refractivity contribution < 1.29 is 19.4 Å². The highest BCUT2D eigenvalue weighted by atomic mass is 32.2. The van der Waals surface area contributed by atoms with E-state index in [1.165, 1.54) is 11.8 Å². The molecule has 0 saturated carbocycles. The average Bonchev–Trinajstić information content (AvgIpc) is 2.93. The van der Waals surface area contributed by atoms with Crippen LogP contribution in [0.4, 0.5) is 5.69 Å². The second-order valence-corrected chi connectivity index (χ2v) is 10.1. The minimum atomic E-state index is -0.155. The quantitative estimate of drug-likeness (QED) is 0.214. The molecule has 3 heterocycles. The van der Waals surface area contributed by atoms with Crippen LogP contribution < -0.4 is 14.8 Å². The van der Waals surface area contributed by atoms with Gasteiger partial charge in [0.25, 0.3) is 0 Å². The van der Waals surface area contributed by atoms with Crippen molar-refractivity contribution in [2.45, 2.75) is 38.8 Å². The maximum absolute atomic E-state index is 12.9. The Morgan fingerprint density at radius 1 is 1.13 bits per heavy atom. The number of aliphatic hydroxyl groups excluding tert-OH is 1. The van der Waals surface area contributed by atoms with E-state index in [4.69, 9.17) is 19.4 Å². The highest BCUT2D eigenvalue weighted by Crippen LogP contribution is 2.42. The Hall–Kier alpha value is -3.95. The van der Waals surface area contributed by atoms with Crippen molar-refractivity contribution in [3.8, 4) is 28.8 Å². The van der Waals surface area contributed by atoms with Crippen molar-refractivity contribution >= 4 is 23.4 Å². The Morgan fingerprint density at radius 3 is 2.76 bits per heavy atom. The Kier molecular flexibility index (Phi) is 7.31. The van der Waals surface area contributed by atoms with E-state index in [1.54, 1.807) is 13.3 Å². The molecule has 5 rings (SSSR count). The summed E-state index contributed by atoms with van der Waals surface area (Å²) in [6.07, 6.45) is 2.13. The van der Waals surface area contributed by atoms with E-state index >= 15 is 0 Å². The van der Waals surface area contributed by atoms with Crippen LogP contribution in [0.1, 0.15) is 33.5 Å². The molecular weight excluding hydrogens is 500 g/mol. The lowest BCUT2D eigenvalue weighted by atomic mass is 9.99. The van der Waals surface area contributed by atoms with Crippen LogP contribution in [-0.2, 0) is 17.8 Å². The lowest BCUT2D eigenvalue weighted by Crippen LogP contribution is -2.16. The van der Waals surface area contributed by atoms with Gasteiger partial charge in [-0.25, -0.2) is 4.98 Å². The molecule has 0 fully saturated rings. The maximum Gasteiger partial charge on any atom is 0.234 e. The van der Waals surface area contributed by atoms with Crippen LogP contribution >= 0.6 is 11.8 Å². The molecule has 0 unspecified atom stereocenters. The number of aromatic nitrogens is 3. The summed E-state index contributed by atoms with van der Waals surface area (Å²) in [4.78, 5) is 26.9. The molecule has 2 N–H and O–H groups in total. The van der Waals surface area contributed by atoms with Crippen molar-refractivity contribution in [3.63, 3.8) is 0 Å². The summed E-state index contributed by atoms with van der Waals surface area (Å²) in [5.41, 5.74) is 6.67. The molecule has 1 aliphatic heterocycles. The Labute approximate surface area is 225 Å². The van der Waals surface area contributed by atoms with E-state index in [1.807, 2.05) is 63.2 Å². The van der Waals surface area contributed by atoms with Crippen LogP contribution in [0.25, 0.3) is 11.4 Å². The van der Waals surface area contributed by atoms with Gasteiger partial charge in [0, 0.05) is 35.0 Å². The van der Waals surface area contributed by atoms with Gasteiger partial charge in [-0.3, -0.25) is 9.78 Å². The topological polar surface area (TPSA) is 106 Å². The first-order valence-electron chi connectivity index (χ1n) is 12.2. The number of hydrogen-bond donors (Lipinski definition) is 2.